The normalized spacial score (nSPS) is 10.2. The van der Waals surface area contributed by atoms with Gasteiger partial charge < -0.3 is 0 Å². The summed E-state index contributed by atoms with van der Waals surface area (Å²) in [6, 6.07) is 8.14. The summed E-state index contributed by atoms with van der Waals surface area (Å²) in [7, 11) is 0. The summed E-state index contributed by atoms with van der Waals surface area (Å²) in [5.74, 6) is 0. The van der Waals surface area contributed by atoms with Crippen molar-refractivity contribution in [1.82, 2.24) is 4.98 Å². The average molecular weight is 235 g/mol. The second-order valence-corrected chi connectivity index (χ2v) is 4.49. The molecule has 0 radical (unpaired) electrons. The molecule has 0 saturated carbocycles. The van der Waals surface area contributed by atoms with E-state index in [0.717, 1.165) is 10.1 Å². The number of hydrogen-bond acceptors (Lipinski definition) is 1. The molecule has 0 aliphatic carbocycles. The number of nitrogens with one attached hydrogen (secondary N) is 1. The van der Waals surface area contributed by atoms with Crippen LogP contribution in [0.25, 0.3) is 10.9 Å². The number of nitrogens with zero attached hydrogens (tertiary/aromatic N) is 1. The molecule has 2 rings (SSSR count). The second-order valence-electron chi connectivity index (χ2n) is 2.82. The number of nitriles is 1. The van der Waals surface area contributed by atoms with Crippen LogP contribution in [0.2, 0.25) is 0 Å². The van der Waals surface area contributed by atoms with Gasteiger partial charge in [-0.25, -0.2) is 0 Å². The maximum absolute atomic E-state index is 8.63. The van der Waals surface area contributed by atoms with Gasteiger partial charge in [-0.2, -0.15) is 0 Å². The van der Waals surface area contributed by atoms with Crippen LogP contribution in [0.5, 0.6) is 0 Å². The van der Waals surface area contributed by atoms with E-state index in [2.05, 4.69) is 22.9 Å². The van der Waals surface area contributed by atoms with E-state index in [-0.39, 0.29) is 15.0 Å². The molecule has 2 aromatic rings. The van der Waals surface area contributed by atoms with Crippen LogP contribution in [0.3, 0.4) is 0 Å². The number of fused-ring (bicyclic) bond motifs is 1. The summed E-state index contributed by atoms with van der Waals surface area (Å²) in [6.45, 7) is 2.06. The van der Waals surface area contributed by atoms with E-state index in [1.807, 2.05) is 18.2 Å². The predicted molar refractivity (Wildman–Crippen MR) is 54.0 cm³/mol. The number of rotatable bonds is 1. The van der Waals surface area contributed by atoms with Gasteiger partial charge in [0.25, 0.3) is 0 Å². The van der Waals surface area contributed by atoms with Crippen molar-refractivity contribution in [3.8, 4) is 4.97 Å². The topological polar surface area (TPSA) is 39.6 Å². The van der Waals surface area contributed by atoms with Gasteiger partial charge in [0, 0.05) is 0 Å². The van der Waals surface area contributed by atoms with Crippen LogP contribution in [-0.4, -0.2) is 19.9 Å². The molecule has 0 fully saturated rings. The zero-order valence-electron chi connectivity index (χ0n) is 7.16. The number of hydrogen-bond donors (Lipinski definition) is 1. The summed E-state index contributed by atoms with van der Waals surface area (Å²) in [4.78, 5) is 5.49. The molecule has 1 aromatic heterocycles. The summed E-state index contributed by atoms with van der Waals surface area (Å²) in [5.41, 5.74) is 2.35. The van der Waals surface area contributed by atoms with Gasteiger partial charge in [0.1, 0.15) is 0 Å². The molecule has 13 heavy (non-hydrogen) atoms. The third-order valence-corrected chi connectivity index (χ3v) is 3.54. The van der Waals surface area contributed by atoms with E-state index < -0.39 is 0 Å². The van der Waals surface area contributed by atoms with E-state index in [9.17, 15) is 0 Å². The Bertz CT molecular complexity index is 479. The van der Waals surface area contributed by atoms with Crippen molar-refractivity contribution in [2.45, 2.75) is 6.92 Å². The summed E-state index contributed by atoms with van der Waals surface area (Å²) in [6.07, 6.45) is 0. The Balaban J connectivity index is 2.68. The van der Waals surface area contributed by atoms with Crippen molar-refractivity contribution >= 4 is 30.5 Å². The number of H-pyrrole nitrogens is 1. The van der Waals surface area contributed by atoms with Gasteiger partial charge in [-0.05, 0) is 0 Å². The molecule has 1 N–H and O–H groups in total. The van der Waals surface area contributed by atoms with Gasteiger partial charge in [0.2, 0.25) is 0 Å². The van der Waals surface area contributed by atoms with E-state index in [4.69, 9.17) is 5.26 Å². The monoisotopic (exact) mass is 236 g/mol. The van der Waals surface area contributed by atoms with Crippen molar-refractivity contribution in [3.63, 3.8) is 0 Å². The van der Waals surface area contributed by atoms with Crippen LogP contribution in [-0.2, 0) is 0 Å². The van der Waals surface area contributed by atoms with Crippen LogP contribution in [0.15, 0.2) is 24.3 Å². The standard InChI is InChI=1S/C10H8N2Se/c1-7-8-4-2-3-5-9(8)12-10(7)13-6-11/h2-5,12H,1H3. The number of aromatic amines is 1. The maximum atomic E-state index is 8.63. The van der Waals surface area contributed by atoms with Gasteiger partial charge in [0.15, 0.2) is 0 Å². The molecule has 0 atom stereocenters. The minimum atomic E-state index is -0.0803. The Labute approximate surface area is 82.7 Å². The fraction of sp³-hybridized carbons (Fsp3) is 0.100. The second kappa shape index (κ2) is 3.26. The van der Waals surface area contributed by atoms with Crippen LogP contribution in [0.1, 0.15) is 5.56 Å². The molecule has 0 aliphatic heterocycles. The first-order valence-corrected chi connectivity index (χ1v) is 5.67. The molecule has 0 spiro atoms. The van der Waals surface area contributed by atoms with Crippen molar-refractivity contribution in [2.75, 3.05) is 0 Å². The predicted octanol–water partition coefficient (Wildman–Crippen LogP) is 1.29. The SMILES string of the molecule is Cc1c([Se]C#N)[nH]c2ccccc12. The minimum absolute atomic E-state index is 0.0803. The Morgan fingerprint density at radius 2 is 2.15 bits per heavy atom. The summed E-state index contributed by atoms with van der Waals surface area (Å²) < 4.78 is 1.09. The van der Waals surface area contributed by atoms with E-state index in [0.29, 0.717) is 0 Å². The van der Waals surface area contributed by atoms with Crippen molar-refractivity contribution in [2.24, 2.45) is 0 Å². The summed E-state index contributed by atoms with van der Waals surface area (Å²) in [5, 5.41) is 9.86. The van der Waals surface area contributed by atoms with Gasteiger partial charge in [0.05, 0.1) is 0 Å². The molecule has 3 heteroatoms. The van der Waals surface area contributed by atoms with Crippen LogP contribution in [0, 0.1) is 17.2 Å². The van der Waals surface area contributed by atoms with Gasteiger partial charge in [-0.1, -0.05) is 0 Å². The van der Waals surface area contributed by atoms with E-state index in [1.54, 1.807) is 0 Å². The fourth-order valence-electron chi connectivity index (χ4n) is 1.41. The first-order valence-electron chi connectivity index (χ1n) is 3.96. The van der Waals surface area contributed by atoms with Gasteiger partial charge in [-0.3, -0.25) is 0 Å². The molecule has 0 amide bonds. The molecule has 64 valence electrons. The van der Waals surface area contributed by atoms with Crippen molar-refractivity contribution in [1.29, 1.82) is 5.26 Å². The van der Waals surface area contributed by atoms with Crippen molar-refractivity contribution < 1.29 is 0 Å². The number of benzene rings is 1. The first kappa shape index (κ1) is 8.37. The summed E-state index contributed by atoms with van der Waals surface area (Å²) >= 11 is -0.0803. The molecular weight excluding hydrogens is 227 g/mol. The van der Waals surface area contributed by atoms with Gasteiger partial charge >= 0.3 is 82.4 Å². The molecule has 0 bridgehead atoms. The molecule has 0 unspecified atom stereocenters. The van der Waals surface area contributed by atoms with E-state index >= 15 is 0 Å². The zero-order chi connectivity index (χ0) is 9.26. The molecule has 2 nitrogen and oxygen atoms in total. The Kier molecular flexibility index (Phi) is 2.10. The number of aromatic nitrogens is 1. The Hall–Kier alpha value is -1.23. The van der Waals surface area contributed by atoms with Crippen LogP contribution >= 0.6 is 0 Å². The van der Waals surface area contributed by atoms with E-state index in [1.165, 1.54) is 10.9 Å². The molecular formula is C10H8N2Se. The quantitative estimate of drug-likeness (QED) is 0.743. The molecule has 1 aromatic carbocycles. The number of aryl methyl sites for hydroxylation is 1. The fourth-order valence-corrected chi connectivity index (χ4v) is 2.49. The molecule has 1 heterocycles. The third kappa shape index (κ3) is 1.35. The van der Waals surface area contributed by atoms with Crippen LogP contribution < -0.4 is 4.59 Å². The molecule has 0 aliphatic rings. The Morgan fingerprint density at radius 3 is 2.85 bits per heavy atom. The van der Waals surface area contributed by atoms with Crippen molar-refractivity contribution in [3.05, 3.63) is 29.8 Å². The average Bonchev–Trinajstić information content (AvgIpc) is 2.46. The molecule has 0 saturated heterocycles. The first-order chi connectivity index (χ1) is 6.33. The zero-order valence-corrected chi connectivity index (χ0v) is 8.88. The van der Waals surface area contributed by atoms with Crippen LogP contribution in [0.4, 0.5) is 0 Å². The van der Waals surface area contributed by atoms with Gasteiger partial charge in [-0.15, -0.1) is 0 Å². The Morgan fingerprint density at radius 1 is 1.38 bits per heavy atom. The third-order valence-electron chi connectivity index (χ3n) is 2.07. The number of para-hydroxylation sites is 1.